The zero-order chi connectivity index (χ0) is 15.8. The Morgan fingerprint density at radius 1 is 1.09 bits per heavy atom. The SMILES string of the molecule is O=C(Nc1ccc(F)cc1)c1[nH]nc2c1CCc1ccccc1-2. The van der Waals surface area contributed by atoms with Gasteiger partial charge in [0.1, 0.15) is 11.5 Å². The van der Waals surface area contributed by atoms with Gasteiger partial charge in [-0.25, -0.2) is 4.39 Å². The minimum absolute atomic E-state index is 0.260. The van der Waals surface area contributed by atoms with E-state index in [2.05, 4.69) is 21.6 Å². The number of amides is 1. The van der Waals surface area contributed by atoms with Crippen LogP contribution in [0.15, 0.2) is 48.5 Å². The summed E-state index contributed by atoms with van der Waals surface area (Å²) in [4.78, 5) is 12.5. The largest absolute Gasteiger partial charge is 0.321 e. The van der Waals surface area contributed by atoms with Gasteiger partial charge in [-0.3, -0.25) is 9.89 Å². The molecule has 0 radical (unpaired) electrons. The Labute approximate surface area is 132 Å². The van der Waals surface area contributed by atoms with Crippen LogP contribution in [0.4, 0.5) is 10.1 Å². The molecule has 0 aliphatic heterocycles. The van der Waals surface area contributed by atoms with E-state index in [1.165, 1.54) is 29.8 Å². The third kappa shape index (κ3) is 2.40. The first-order chi connectivity index (χ1) is 11.2. The molecule has 1 aliphatic carbocycles. The van der Waals surface area contributed by atoms with Crippen molar-refractivity contribution in [2.75, 3.05) is 5.32 Å². The van der Waals surface area contributed by atoms with Crippen LogP contribution in [0.1, 0.15) is 21.6 Å². The number of carbonyl (C=O) groups is 1. The molecule has 0 atom stereocenters. The van der Waals surface area contributed by atoms with Crippen molar-refractivity contribution in [3.05, 3.63) is 71.2 Å². The van der Waals surface area contributed by atoms with Crippen LogP contribution in [0.5, 0.6) is 0 Å². The van der Waals surface area contributed by atoms with E-state index < -0.39 is 0 Å². The van der Waals surface area contributed by atoms with Gasteiger partial charge in [-0.05, 0) is 42.7 Å². The van der Waals surface area contributed by atoms with Gasteiger partial charge < -0.3 is 5.32 Å². The number of rotatable bonds is 2. The maximum Gasteiger partial charge on any atom is 0.273 e. The van der Waals surface area contributed by atoms with Crippen LogP contribution >= 0.6 is 0 Å². The van der Waals surface area contributed by atoms with Crippen molar-refractivity contribution in [3.63, 3.8) is 0 Å². The Morgan fingerprint density at radius 3 is 2.70 bits per heavy atom. The van der Waals surface area contributed by atoms with Gasteiger partial charge in [0.15, 0.2) is 0 Å². The Hall–Kier alpha value is -2.95. The first-order valence-corrected chi connectivity index (χ1v) is 7.45. The van der Waals surface area contributed by atoms with Gasteiger partial charge in [-0.2, -0.15) is 5.10 Å². The van der Waals surface area contributed by atoms with E-state index in [9.17, 15) is 9.18 Å². The number of fused-ring (bicyclic) bond motifs is 3. The van der Waals surface area contributed by atoms with Crippen molar-refractivity contribution >= 4 is 11.6 Å². The molecule has 114 valence electrons. The number of nitrogens with zero attached hydrogens (tertiary/aromatic N) is 1. The van der Waals surface area contributed by atoms with Crippen LogP contribution in [0, 0.1) is 5.82 Å². The first-order valence-electron chi connectivity index (χ1n) is 7.45. The molecule has 0 fully saturated rings. The summed E-state index contributed by atoms with van der Waals surface area (Å²) in [6.45, 7) is 0. The Balaban J connectivity index is 1.65. The van der Waals surface area contributed by atoms with Gasteiger partial charge in [0, 0.05) is 16.8 Å². The second-order valence-electron chi connectivity index (χ2n) is 5.54. The number of benzene rings is 2. The summed E-state index contributed by atoms with van der Waals surface area (Å²) in [6, 6.07) is 13.8. The summed E-state index contributed by atoms with van der Waals surface area (Å²) in [5, 5.41) is 9.95. The van der Waals surface area contributed by atoms with Crippen LogP contribution < -0.4 is 5.32 Å². The summed E-state index contributed by atoms with van der Waals surface area (Å²) >= 11 is 0. The molecule has 1 aliphatic rings. The topological polar surface area (TPSA) is 57.8 Å². The molecule has 3 aromatic rings. The van der Waals surface area contributed by atoms with Crippen molar-refractivity contribution < 1.29 is 9.18 Å². The average molecular weight is 307 g/mol. The second kappa shape index (κ2) is 5.35. The fraction of sp³-hybridized carbons (Fsp3) is 0.111. The van der Waals surface area contributed by atoms with Gasteiger partial charge in [-0.15, -0.1) is 0 Å². The number of H-pyrrole nitrogens is 1. The molecule has 0 spiro atoms. The lowest BCUT2D eigenvalue weighted by atomic mass is 9.89. The molecule has 0 saturated carbocycles. The summed E-state index contributed by atoms with van der Waals surface area (Å²) < 4.78 is 12.9. The van der Waals surface area contributed by atoms with Crippen molar-refractivity contribution in [3.8, 4) is 11.3 Å². The number of aromatic amines is 1. The monoisotopic (exact) mass is 307 g/mol. The van der Waals surface area contributed by atoms with Gasteiger partial charge in [0.25, 0.3) is 5.91 Å². The van der Waals surface area contributed by atoms with Crippen LogP contribution in [0.25, 0.3) is 11.3 Å². The lowest BCUT2D eigenvalue weighted by Gasteiger charge is -2.15. The third-order valence-electron chi connectivity index (χ3n) is 4.11. The van der Waals surface area contributed by atoms with Crippen LogP contribution in [-0.2, 0) is 12.8 Å². The molecule has 0 saturated heterocycles. The number of hydrogen-bond acceptors (Lipinski definition) is 2. The van der Waals surface area contributed by atoms with Crippen LogP contribution in [0.3, 0.4) is 0 Å². The minimum atomic E-state index is -0.335. The van der Waals surface area contributed by atoms with Crippen molar-refractivity contribution in [1.29, 1.82) is 0 Å². The molecule has 0 bridgehead atoms. The van der Waals surface area contributed by atoms with Crippen molar-refractivity contribution in [2.45, 2.75) is 12.8 Å². The van der Waals surface area contributed by atoms with E-state index in [4.69, 9.17) is 0 Å². The number of nitrogens with one attached hydrogen (secondary N) is 2. The lowest BCUT2D eigenvalue weighted by molar-refractivity contribution is 0.102. The van der Waals surface area contributed by atoms with Gasteiger partial charge >= 0.3 is 0 Å². The summed E-state index contributed by atoms with van der Waals surface area (Å²) in [5.74, 6) is -0.594. The number of anilines is 1. The molecule has 1 aromatic heterocycles. The zero-order valence-corrected chi connectivity index (χ0v) is 12.3. The van der Waals surface area contributed by atoms with E-state index in [-0.39, 0.29) is 11.7 Å². The standard InChI is InChI=1S/C18H14FN3O/c19-12-6-8-13(9-7-12)20-18(23)17-15-10-5-11-3-1-2-4-14(11)16(15)21-22-17/h1-4,6-9H,5,10H2,(H,20,23)(H,21,22). The molecule has 2 aromatic carbocycles. The highest BCUT2D eigenvalue weighted by molar-refractivity contribution is 6.05. The molecular weight excluding hydrogens is 293 g/mol. The zero-order valence-electron chi connectivity index (χ0n) is 12.3. The molecule has 4 rings (SSSR count). The maximum absolute atomic E-state index is 12.9. The predicted molar refractivity (Wildman–Crippen MR) is 85.8 cm³/mol. The van der Waals surface area contributed by atoms with E-state index >= 15 is 0 Å². The van der Waals surface area contributed by atoms with Gasteiger partial charge in [-0.1, -0.05) is 24.3 Å². The highest BCUT2D eigenvalue weighted by atomic mass is 19.1. The molecule has 1 heterocycles. The Morgan fingerprint density at radius 2 is 1.87 bits per heavy atom. The van der Waals surface area contributed by atoms with Gasteiger partial charge in [0.05, 0.1) is 5.69 Å². The fourth-order valence-corrected chi connectivity index (χ4v) is 2.97. The van der Waals surface area contributed by atoms with Crippen LogP contribution in [0.2, 0.25) is 0 Å². The molecule has 23 heavy (non-hydrogen) atoms. The Bertz CT molecular complexity index is 884. The average Bonchev–Trinajstić information content (AvgIpc) is 3.01. The Kier molecular flexibility index (Phi) is 3.19. The molecular formula is C18H14FN3O. The lowest BCUT2D eigenvalue weighted by Crippen LogP contribution is -2.15. The van der Waals surface area contributed by atoms with Crippen molar-refractivity contribution in [2.24, 2.45) is 0 Å². The summed E-state index contributed by atoms with van der Waals surface area (Å²) in [7, 11) is 0. The van der Waals surface area contributed by atoms with Crippen molar-refractivity contribution in [1.82, 2.24) is 10.2 Å². The molecule has 2 N–H and O–H groups in total. The summed E-state index contributed by atoms with van der Waals surface area (Å²) in [5.41, 5.74) is 5.12. The third-order valence-corrected chi connectivity index (χ3v) is 4.11. The number of carbonyl (C=O) groups excluding carboxylic acids is 1. The smallest absolute Gasteiger partial charge is 0.273 e. The van der Waals surface area contributed by atoms with E-state index in [1.807, 2.05) is 18.2 Å². The minimum Gasteiger partial charge on any atom is -0.321 e. The molecule has 5 heteroatoms. The number of aromatic nitrogens is 2. The first kappa shape index (κ1) is 13.7. The summed E-state index contributed by atoms with van der Waals surface area (Å²) in [6.07, 6.45) is 1.66. The van der Waals surface area contributed by atoms with Gasteiger partial charge in [0.2, 0.25) is 0 Å². The predicted octanol–water partition coefficient (Wildman–Crippen LogP) is 3.57. The number of aryl methyl sites for hydroxylation is 1. The van der Waals surface area contributed by atoms with E-state index in [0.717, 1.165) is 29.7 Å². The maximum atomic E-state index is 12.9. The fourth-order valence-electron chi connectivity index (χ4n) is 2.97. The molecule has 0 unspecified atom stereocenters. The molecule has 4 nitrogen and oxygen atoms in total. The quantitative estimate of drug-likeness (QED) is 0.760. The van der Waals surface area contributed by atoms with E-state index in [1.54, 1.807) is 0 Å². The highest BCUT2D eigenvalue weighted by Crippen LogP contribution is 2.33. The second-order valence-corrected chi connectivity index (χ2v) is 5.54. The van der Waals surface area contributed by atoms with Crippen LogP contribution in [-0.4, -0.2) is 16.1 Å². The normalized spacial score (nSPS) is 12.4. The number of halogens is 1. The number of hydrogen-bond donors (Lipinski definition) is 2. The highest BCUT2D eigenvalue weighted by Gasteiger charge is 2.24. The molecule has 1 amide bonds. The van der Waals surface area contributed by atoms with E-state index in [0.29, 0.717) is 11.4 Å².